The number of carbonyl (C=O) groups is 1. The van der Waals surface area contributed by atoms with E-state index >= 15 is 0 Å². The maximum atomic E-state index is 10.8. The summed E-state index contributed by atoms with van der Waals surface area (Å²) < 4.78 is 0. The zero-order valence-electron chi connectivity index (χ0n) is 10.8. The Kier molecular flexibility index (Phi) is 4.13. The van der Waals surface area contributed by atoms with Crippen LogP contribution >= 0.6 is 0 Å². The van der Waals surface area contributed by atoms with Gasteiger partial charge in [-0.2, -0.15) is 0 Å². The molecule has 4 nitrogen and oxygen atoms in total. The molecule has 0 aliphatic heterocycles. The molecule has 0 spiro atoms. The molecule has 0 radical (unpaired) electrons. The first-order valence-electron chi connectivity index (χ1n) is 6.10. The Balaban J connectivity index is 2.09. The minimum absolute atomic E-state index is 0.0488. The maximum absolute atomic E-state index is 10.8. The van der Waals surface area contributed by atoms with Gasteiger partial charge in [0, 0.05) is 24.1 Å². The molecular formula is C15H16N2O2. The van der Waals surface area contributed by atoms with E-state index in [4.69, 9.17) is 5.11 Å². The lowest BCUT2D eigenvalue weighted by Gasteiger charge is -2.10. The summed E-state index contributed by atoms with van der Waals surface area (Å²) >= 11 is 0. The van der Waals surface area contributed by atoms with E-state index in [1.165, 1.54) is 0 Å². The normalized spacial score (nSPS) is 10.2. The summed E-state index contributed by atoms with van der Waals surface area (Å²) in [5.41, 5.74) is 3.77. The summed E-state index contributed by atoms with van der Waals surface area (Å²) in [5, 5.41) is 12.2. The highest BCUT2D eigenvalue weighted by molar-refractivity contribution is 5.70. The Morgan fingerprint density at radius 3 is 2.68 bits per heavy atom. The number of nitrogens with one attached hydrogen (secondary N) is 1. The summed E-state index contributed by atoms with van der Waals surface area (Å²) in [6, 6.07) is 11.4. The van der Waals surface area contributed by atoms with Crippen LogP contribution in [0.4, 0.5) is 5.69 Å². The number of aromatic nitrogens is 1. The molecule has 1 heterocycles. The van der Waals surface area contributed by atoms with Gasteiger partial charge in [0.25, 0.3) is 0 Å². The van der Waals surface area contributed by atoms with Crippen LogP contribution in [0.3, 0.4) is 0 Å². The second-order valence-electron chi connectivity index (χ2n) is 4.38. The minimum Gasteiger partial charge on any atom is -0.481 e. The van der Waals surface area contributed by atoms with Gasteiger partial charge in [0.05, 0.1) is 6.42 Å². The van der Waals surface area contributed by atoms with E-state index in [9.17, 15) is 4.79 Å². The van der Waals surface area contributed by atoms with Crippen molar-refractivity contribution in [3.05, 3.63) is 59.4 Å². The van der Waals surface area contributed by atoms with Crippen LogP contribution < -0.4 is 5.32 Å². The fraction of sp³-hybridized carbons (Fsp3) is 0.200. The molecule has 0 saturated heterocycles. The van der Waals surface area contributed by atoms with E-state index in [0.717, 1.165) is 22.5 Å². The number of pyridine rings is 1. The summed E-state index contributed by atoms with van der Waals surface area (Å²) in [7, 11) is 0. The molecular weight excluding hydrogens is 240 g/mol. The zero-order chi connectivity index (χ0) is 13.7. The van der Waals surface area contributed by atoms with Crippen LogP contribution in [0.25, 0.3) is 0 Å². The van der Waals surface area contributed by atoms with Gasteiger partial charge in [0.1, 0.15) is 0 Å². The summed E-state index contributed by atoms with van der Waals surface area (Å²) in [6.07, 6.45) is 1.80. The van der Waals surface area contributed by atoms with Crippen molar-refractivity contribution in [2.75, 3.05) is 5.32 Å². The van der Waals surface area contributed by atoms with Crippen molar-refractivity contribution in [3.8, 4) is 0 Å². The molecule has 0 fully saturated rings. The first-order chi connectivity index (χ1) is 9.15. The molecule has 0 aliphatic carbocycles. The van der Waals surface area contributed by atoms with Crippen LogP contribution in [0, 0.1) is 6.92 Å². The third-order valence-electron chi connectivity index (χ3n) is 2.84. The number of hydrogen-bond acceptors (Lipinski definition) is 3. The fourth-order valence-electron chi connectivity index (χ4n) is 1.92. The van der Waals surface area contributed by atoms with Crippen molar-refractivity contribution >= 4 is 11.7 Å². The molecule has 4 heteroatoms. The lowest BCUT2D eigenvalue weighted by atomic mass is 10.0. The third-order valence-corrected chi connectivity index (χ3v) is 2.84. The molecule has 0 bridgehead atoms. The zero-order valence-corrected chi connectivity index (χ0v) is 10.8. The topological polar surface area (TPSA) is 62.2 Å². The van der Waals surface area contributed by atoms with Gasteiger partial charge in [-0.1, -0.05) is 24.3 Å². The van der Waals surface area contributed by atoms with Crippen molar-refractivity contribution in [1.82, 2.24) is 4.98 Å². The second kappa shape index (κ2) is 6.00. The molecule has 98 valence electrons. The summed E-state index contributed by atoms with van der Waals surface area (Å²) in [5.74, 6) is -0.813. The predicted molar refractivity (Wildman–Crippen MR) is 74.1 cm³/mol. The largest absolute Gasteiger partial charge is 0.481 e. The van der Waals surface area contributed by atoms with Crippen LogP contribution in [0.5, 0.6) is 0 Å². The smallest absolute Gasteiger partial charge is 0.307 e. The number of carboxylic acids is 1. The predicted octanol–water partition coefficient (Wildman–Crippen LogP) is 2.63. The number of aliphatic carboxylic acids is 1. The van der Waals surface area contributed by atoms with Crippen LogP contribution in [0.1, 0.15) is 16.8 Å². The second-order valence-corrected chi connectivity index (χ2v) is 4.38. The number of benzene rings is 1. The molecule has 2 aromatic rings. The van der Waals surface area contributed by atoms with Crippen molar-refractivity contribution in [3.63, 3.8) is 0 Å². The quantitative estimate of drug-likeness (QED) is 0.863. The lowest BCUT2D eigenvalue weighted by molar-refractivity contribution is -0.136. The number of nitrogens with zero attached hydrogens (tertiary/aromatic N) is 1. The highest BCUT2D eigenvalue weighted by Crippen LogP contribution is 2.13. The average molecular weight is 256 g/mol. The van der Waals surface area contributed by atoms with Crippen LogP contribution in [0.15, 0.2) is 42.6 Å². The SMILES string of the molecule is Cc1cc(NCc2ccccc2CC(=O)O)ccn1. The van der Waals surface area contributed by atoms with Gasteiger partial charge in [-0.15, -0.1) is 0 Å². The number of hydrogen-bond donors (Lipinski definition) is 2. The molecule has 0 unspecified atom stereocenters. The van der Waals surface area contributed by atoms with Crippen molar-refractivity contribution < 1.29 is 9.90 Å². The molecule has 0 saturated carbocycles. The molecule has 0 amide bonds. The monoisotopic (exact) mass is 256 g/mol. The summed E-state index contributed by atoms with van der Waals surface area (Å²) in [4.78, 5) is 14.9. The third kappa shape index (κ3) is 3.81. The van der Waals surface area contributed by atoms with Gasteiger partial charge < -0.3 is 10.4 Å². The number of rotatable bonds is 5. The Morgan fingerprint density at radius 2 is 2.00 bits per heavy atom. The number of anilines is 1. The van der Waals surface area contributed by atoms with E-state index in [1.807, 2.05) is 43.3 Å². The van der Waals surface area contributed by atoms with E-state index in [-0.39, 0.29) is 6.42 Å². The lowest BCUT2D eigenvalue weighted by Crippen LogP contribution is -2.07. The van der Waals surface area contributed by atoms with Crippen LogP contribution in [-0.4, -0.2) is 16.1 Å². The van der Waals surface area contributed by atoms with E-state index < -0.39 is 5.97 Å². The van der Waals surface area contributed by atoms with E-state index in [0.29, 0.717) is 6.54 Å². The Morgan fingerprint density at radius 1 is 1.26 bits per heavy atom. The molecule has 19 heavy (non-hydrogen) atoms. The average Bonchev–Trinajstić information content (AvgIpc) is 2.37. The van der Waals surface area contributed by atoms with Gasteiger partial charge in [-0.3, -0.25) is 9.78 Å². The van der Waals surface area contributed by atoms with Crippen molar-refractivity contribution in [2.24, 2.45) is 0 Å². The molecule has 1 aromatic heterocycles. The van der Waals surface area contributed by atoms with Gasteiger partial charge >= 0.3 is 5.97 Å². The first-order valence-corrected chi connectivity index (χ1v) is 6.10. The van der Waals surface area contributed by atoms with Gasteiger partial charge in [-0.05, 0) is 30.2 Å². The Hall–Kier alpha value is -2.36. The minimum atomic E-state index is -0.813. The van der Waals surface area contributed by atoms with Gasteiger partial charge in [-0.25, -0.2) is 0 Å². The molecule has 1 aromatic carbocycles. The summed E-state index contributed by atoms with van der Waals surface area (Å²) in [6.45, 7) is 2.54. The highest BCUT2D eigenvalue weighted by Gasteiger charge is 2.06. The fourth-order valence-corrected chi connectivity index (χ4v) is 1.92. The van der Waals surface area contributed by atoms with Crippen LogP contribution in [0.2, 0.25) is 0 Å². The van der Waals surface area contributed by atoms with Gasteiger partial charge in [0.2, 0.25) is 0 Å². The molecule has 0 atom stereocenters. The van der Waals surface area contributed by atoms with Gasteiger partial charge in [0.15, 0.2) is 0 Å². The first kappa shape index (κ1) is 13.1. The molecule has 2 N–H and O–H groups in total. The number of carboxylic acid groups (broad SMARTS) is 1. The maximum Gasteiger partial charge on any atom is 0.307 e. The van der Waals surface area contributed by atoms with Crippen molar-refractivity contribution in [2.45, 2.75) is 19.9 Å². The Labute approximate surface area is 112 Å². The van der Waals surface area contributed by atoms with E-state index in [1.54, 1.807) is 6.20 Å². The molecule has 0 aliphatic rings. The Bertz CT molecular complexity index is 582. The van der Waals surface area contributed by atoms with Crippen LogP contribution in [-0.2, 0) is 17.8 Å². The standard InChI is InChI=1S/C15H16N2O2/c1-11-8-14(6-7-16-11)17-10-13-5-3-2-4-12(13)9-15(18)19/h2-8H,9-10H2,1H3,(H,16,17)(H,18,19). The van der Waals surface area contributed by atoms with Crippen molar-refractivity contribution in [1.29, 1.82) is 0 Å². The number of aryl methyl sites for hydroxylation is 1. The highest BCUT2D eigenvalue weighted by atomic mass is 16.4. The molecule has 2 rings (SSSR count). The van der Waals surface area contributed by atoms with E-state index in [2.05, 4.69) is 10.3 Å².